The number of sulfonamides is 1. The number of hydrogen-bond donors (Lipinski definition) is 0. The SMILES string of the molecule is O=S(=O)(Cc1ccccc1)N1CC(c2nc(-c3cccs3)no2)C1. The molecule has 0 spiro atoms. The van der Waals surface area contributed by atoms with Crippen molar-refractivity contribution in [3.63, 3.8) is 0 Å². The van der Waals surface area contributed by atoms with Gasteiger partial charge in [-0.15, -0.1) is 11.3 Å². The molecule has 3 aromatic rings. The summed E-state index contributed by atoms with van der Waals surface area (Å²) in [5, 5.41) is 5.92. The lowest BCUT2D eigenvalue weighted by Gasteiger charge is -2.35. The second kappa shape index (κ2) is 6.12. The molecule has 8 heteroatoms. The average molecular weight is 361 g/mol. The third-order valence-electron chi connectivity index (χ3n) is 3.97. The van der Waals surface area contributed by atoms with Crippen molar-refractivity contribution < 1.29 is 12.9 Å². The van der Waals surface area contributed by atoms with Crippen molar-refractivity contribution in [1.82, 2.24) is 14.4 Å². The molecular weight excluding hydrogens is 346 g/mol. The van der Waals surface area contributed by atoms with Crippen LogP contribution in [0, 0.1) is 0 Å². The molecule has 0 atom stereocenters. The Labute approximate surface area is 143 Å². The molecule has 1 aliphatic heterocycles. The fraction of sp³-hybridized carbons (Fsp3) is 0.250. The summed E-state index contributed by atoms with van der Waals surface area (Å²) < 4.78 is 31.6. The molecule has 1 saturated heterocycles. The highest BCUT2D eigenvalue weighted by atomic mass is 32.2. The van der Waals surface area contributed by atoms with E-state index in [1.54, 1.807) is 11.3 Å². The highest BCUT2D eigenvalue weighted by molar-refractivity contribution is 7.88. The van der Waals surface area contributed by atoms with Gasteiger partial charge in [-0.25, -0.2) is 8.42 Å². The van der Waals surface area contributed by atoms with Gasteiger partial charge < -0.3 is 4.52 Å². The van der Waals surface area contributed by atoms with E-state index in [4.69, 9.17) is 4.52 Å². The van der Waals surface area contributed by atoms with Crippen molar-refractivity contribution in [2.45, 2.75) is 11.7 Å². The van der Waals surface area contributed by atoms with Gasteiger partial charge in [-0.2, -0.15) is 9.29 Å². The Morgan fingerprint density at radius 1 is 1.17 bits per heavy atom. The Kier molecular flexibility index (Phi) is 3.95. The van der Waals surface area contributed by atoms with Crippen LogP contribution in [0.3, 0.4) is 0 Å². The van der Waals surface area contributed by atoms with E-state index in [1.165, 1.54) is 4.31 Å². The van der Waals surface area contributed by atoms with Gasteiger partial charge in [0.25, 0.3) is 0 Å². The summed E-state index contributed by atoms with van der Waals surface area (Å²) >= 11 is 1.54. The summed E-state index contributed by atoms with van der Waals surface area (Å²) in [7, 11) is -3.31. The molecule has 6 nitrogen and oxygen atoms in total. The molecule has 0 aliphatic carbocycles. The smallest absolute Gasteiger partial charge is 0.232 e. The molecule has 1 aliphatic rings. The van der Waals surface area contributed by atoms with E-state index in [0.717, 1.165) is 10.4 Å². The zero-order chi connectivity index (χ0) is 16.6. The first kappa shape index (κ1) is 15.5. The first-order valence-corrected chi connectivity index (χ1v) is 10.00. The Bertz CT molecular complexity index is 915. The number of benzene rings is 1. The summed E-state index contributed by atoms with van der Waals surface area (Å²) in [6, 6.07) is 13.0. The fourth-order valence-electron chi connectivity index (χ4n) is 2.60. The van der Waals surface area contributed by atoms with Crippen LogP contribution in [0.1, 0.15) is 17.4 Å². The minimum Gasteiger partial charge on any atom is -0.339 e. The van der Waals surface area contributed by atoms with Crippen LogP contribution < -0.4 is 0 Å². The molecule has 124 valence electrons. The van der Waals surface area contributed by atoms with Crippen molar-refractivity contribution in [1.29, 1.82) is 0 Å². The van der Waals surface area contributed by atoms with Crippen molar-refractivity contribution in [2.24, 2.45) is 0 Å². The van der Waals surface area contributed by atoms with Crippen LogP contribution in [-0.4, -0.2) is 36.0 Å². The molecule has 1 aromatic carbocycles. The van der Waals surface area contributed by atoms with Crippen molar-refractivity contribution >= 4 is 21.4 Å². The summed E-state index contributed by atoms with van der Waals surface area (Å²) in [5.74, 6) is 1.05. The predicted molar refractivity (Wildman–Crippen MR) is 91.0 cm³/mol. The van der Waals surface area contributed by atoms with Gasteiger partial charge >= 0.3 is 0 Å². The lowest BCUT2D eigenvalue weighted by Crippen LogP contribution is -2.48. The van der Waals surface area contributed by atoms with Crippen LogP contribution in [-0.2, 0) is 15.8 Å². The second-order valence-corrected chi connectivity index (χ2v) is 8.61. The van der Waals surface area contributed by atoms with Gasteiger partial charge in [-0.1, -0.05) is 41.6 Å². The molecule has 1 fully saturated rings. The fourth-order valence-corrected chi connectivity index (χ4v) is 4.86. The second-order valence-electron chi connectivity index (χ2n) is 5.69. The lowest BCUT2D eigenvalue weighted by molar-refractivity contribution is 0.216. The van der Waals surface area contributed by atoms with Crippen LogP contribution in [0.5, 0.6) is 0 Å². The Balaban J connectivity index is 1.41. The van der Waals surface area contributed by atoms with Gasteiger partial charge in [0, 0.05) is 13.1 Å². The monoisotopic (exact) mass is 361 g/mol. The molecule has 0 N–H and O–H groups in total. The van der Waals surface area contributed by atoms with E-state index >= 15 is 0 Å². The number of rotatable bonds is 5. The Morgan fingerprint density at radius 2 is 1.96 bits per heavy atom. The van der Waals surface area contributed by atoms with E-state index in [0.29, 0.717) is 24.8 Å². The first-order chi connectivity index (χ1) is 11.6. The molecule has 0 amide bonds. The minimum absolute atomic E-state index is 0.0187. The van der Waals surface area contributed by atoms with Crippen LogP contribution in [0.4, 0.5) is 0 Å². The van der Waals surface area contributed by atoms with Gasteiger partial charge in [0.1, 0.15) is 0 Å². The quantitative estimate of drug-likeness (QED) is 0.698. The van der Waals surface area contributed by atoms with Crippen molar-refractivity contribution in [3.8, 4) is 10.7 Å². The third kappa shape index (κ3) is 3.00. The Morgan fingerprint density at radius 3 is 2.67 bits per heavy atom. The maximum absolute atomic E-state index is 12.4. The number of nitrogens with zero attached hydrogens (tertiary/aromatic N) is 3. The maximum atomic E-state index is 12.4. The van der Waals surface area contributed by atoms with Crippen LogP contribution in [0.2, 0.25) is 0 Å². The Hall–Kier alpha value is -2.03. The van der Waals surface area contributed by atoms with E-state index in [1.807, 2.05) is 47.8 Å². The van der Waals surface area contributed by atoms with E-state index in [2.05, 4.69) is 10.1 Å². The van der Waals surface area contributed by atoms with Gasteiger partial charge in [0.2, 0.25) is 21.7 Å². The molecule has 0 unspecified atom stereocenters. The van der Waals surface area contributed by atoms with Crippen LogP contribution in [0.15, 0.2) is 52.4 Å². The lowest BCUT2D eigenvalue weighted by atomic mass is 10.0. The third-order valence-corrected chi connectivity index (χ3v) is 6.61. The molecule has 4 rings (SSSR count). The predicted octanol–water partition coefficient (Wildman–Crippen LogP) is 2.73. The largest absolute Gasteiger partial charge is 0.339 e. The summed E-state index contributed by atoms with van der Waals surface area (Å²) in [5.41, 5.74) is 0.790. The highest BCUT2D eigenvalue weighted by Crippen LogP contribution is 2.31. The van der Waals surface area contributed by atoms with Gasteiger partial charge in [-0.05, 0) is 17.0 Å². The van der Waals surface area contributed by atoms with E-state index in [9.17, 15) is 8.42 Å². The summed E-state index contributed by atoms with van der Waals surface area (Å²) in [4.78, 5) is 5.33. The summed E-state index contributed by atoms with van der Waals surface area (Å²) in [6.07, 6.45) is 0. The molecule has 2 aromatic heterocycles. The average Bonchev–Trinajstić information content (AvgIpc) is 3.16. The standard InChI is InChI=1S/C16H15N3O3S2/c20-24(21,11-12-5-2-1-3-6-12)19-9-13(10-19)16-17-15(18-22-16)14-7-4-8-23-14/h1-8,13H,9-11H2. The maximum Gasteiger partial charge on any atom is 0.232 e. The van der Waals surface area contributed by atoms with Gasteiger partial charge in [0.05, 0.1) is 16.5 Å². The molecule has 0 radical (unpaired) electrons. The number of thiophene rings is 1. The summed E-state index contributed by atoms with van der Waals surface area (Å²) in [6.45, 7) is 0.780. The minimum atomic E-state index is -3.31. The molecule has 24 heavy (non-hydrogen) atoms. The van der Waals surface area contributed by atoms with Crippen molar-refractivity contribution in [2.75, 3.05) is 13.1 Å². The zero-order valence-electron chi connectivity index (χ0n) is 12.7. The molecule has 0 saturated carbocycles. The molecule has 3 heterocycles. The zero-order valence-corrected chi connectivity index (χ0v) is 14.3. The first-order valence-electron chi connectivity index (χ1n) is 7.51. The van der Waals surface area contributed by atoms with E-state index in [-0.39, 0.29) is 11.7 Å². The van der Waals surface area contributed by atoms with E-state index < -0.39 is 10.0 Å². The normalized spacial score (nSPS) is 16.2. The number of hydrogen-bond acceptors (Lipinski definition) is 6. The van der Waals surface area contributed by atoms with Crippen LogP contribution in [0.25, 0.3) is 10.7 Å². The topological polar surface area (TPSA) is 76.3 Å². The number of aromatic nitrogens is 2. The van der Waals surface area contributed by atoms with Crippen LogP contribution >= 0.6 is 11.3 Å². The molecular formula is C16H15N3O3S2. The van der Waals surface area contributed by atoms with Crippen molar-refractivity contribution in [3.05, 3.63) is 59.3 Å². The molecule has 0 bridgehead atoms. The van der Waals surface area contributed by atoms with Gasteiger partial charge in [-0.3, -0.25) is 0 Å². The highest BCUT2D eigenvalue weighted by Gasteiger charge is 2.39. The van der Waals surface area contributed by atoms with Gasteiger partial charge in [0.15, 0.2) is 0 Å².